The van der Waals surface area contributed by atoms with E-state index >= 15 is 0 Å². The molecule has 1 aliphatic rings. The molecule has 0 amide bonds. The Labute approximate surface area is 130 Å². The predicted octanol–water partition coefficient (Wildman–Crippen LogP) is 3.65. The highest BCUT2D eigenvalue weighted by atomic mass is 35.5. The van der Waals surface area contributed by atoms with Crippen molar-refractivity contribution in [3.63, 3.8) is 0 Å². The number of nitrogens with one attached hydrogen (secondary N) is 1. The standard InChI is InChI=1S/C17H17NO2.ClH/c19-17(20)16-11-10-15(18-16)14-8-6-13(7-9-14)12-4-2-1-3-5-12;/h1-9,15-16,18H,10-11H2,(H,19,20);1H. The number of halogens is 1. The molecule has 0 aromatic heterocycles. The average molecular weight is 304 g/mol. The van der Waals surface area contributed by atoms with E-state index in [0.717, 1.165) is 12.0 Å². The van der Waals surface area contributed by atoms with Crippen molar-refractivity contribution in [3.05, 3.63) is 60.2 Å². The molecule has 2 aromatic rings. The van der Waals surface area contributed by atoms with Crippen LogP contribution >= 0.6 is 12.4 Å². The summed E-state index contributed by atoms with van der Waals surface area (Å²) in [4.78, 5) is 11.0. The maximum absolute atomic E-state index is 11.0. The number of rotatable bonds is 3. The molecule has 0 radical (unpaired) electrons. The highest BCUT2D eigenvalue weighted by Crippen LogP contribution is 2.28. The van der Waals surface area contributed by atoms with Gasteiger partial charge in [-0.25, -0.2) is 0 Å². The third kappa shape index (κ3) is 3.43. The van der Waals surface area contributed by atoms with Gasteiger partial charge in [0, 0.05) is 6.04 Å². The minimum Gasteiger partial charge on any atom is -0.480 e. The molecule has 3 nitrogen and oxygen atoms in total. The molecule has 2 aromatic carbocycles. The Morgan fingerprint density at radius 1 is 0.952 bits per heavy atom. The van der Waals surface area contributed by atoms with Crippen LogP contribution in [0.4, 0.5) is 0 Å². The van der Waals surface area contributed by atoms with E-state index < -0.39 is 12.0 Å². The monoisotopic (exact) mass is 303 g/mol. The molecule has 4 heteroatoms. The van der Waals surface area contributed by atoms with E-state index in [1.165, 1.54) is 11.1 Å². The third-order valence-corrected chi connectivity index (χ3v) is 3.86. The number of carboxylic acids is 1. The lowest BCUT2D eigenvalue weighted by Crippen LogP contribution is -2.31. The number of carbonyl (C=O) groups is 1. The van der Waals surface area contributed by atoms with Crippen molar-refractivity contribution in [2.45, 2.75) is 24.9 Å². The fourth-order valence-electron chi connectivity index (χ4n) is 2.74. The lowest BCUT2D eigenvalue weighted by molar-refractivity contribution is -0.139. The van der Waals surface area contributed by atoms with Crippen molar-refractivity contribution < 1.29 is 9.90 Å². The molecular weight excluding hydrogens is 286 g/mol. The van der Waals surface area contributed by atoms with Crippen LogP contribution in [0.5, 0.6) is 0 Å². The van der Waals surface area contributed by atoms with Gasteiger partial charge in [0.05, 0.1) is 0 Å². The first-order valence-corrected chi connectivity index (χ1v) is 6.88. The van der Waals surface area contributed by atoms with E-state index in [2.05, 4.69) is 41.7 Å². The molecule has 1 aliphatic heterocycles. The molecular formula is C17H18ClNO2. The zero-order chi connectivity index (χ0) is 13.9. The summed E-state index contributed by atoms with van der Waals surface area (Å²) in [7, 11) is 0. The van der Waals surface area contributed by atoms with Gasteiger partial charge in [0.15, 0.2) is 0 Å². The summed E-state index contributed by atoms with van der Waals surface area (Å²) in [5.74, 6) is -0.756. The summed E-state index contributed by atoms with van der Waals surface area (Å²) in [6.07, 6.45) is 1.57. The number of hydrogen-bond donors (Lipinski definition) is 2. The van der Waals surface area contributed by atoms with E-state index in [-0.39, 0.29) is 18.4 Å². The van der Waals surface area contributed by atoms with Crippen molar-refractivity contribution in [1.29, 1.82) is 0 Å². The zero-order valence-corrected chi connectivity index (χ0v) is 12.3. The first kappa shape index (κ1) is 15.5. The molecule has 0 aliphatic carbocycles. The second-order valence-corrected chi connectivity index (χ2v) is 5.18. The van der Waals surface area contributed by atoms with Gasteiger partial charge in [0.25, 0.3) is 0 Å². The van der Waals surface area contributed by atoms with E-state index in [4.69, 9.17) is 5.11 Å². The van der Waals surface area contributed by atoms with E-state index in [1.54, 1.807) is 0 Å². The Kier molecular flexibility index (Phi) is 4.99. The van der Waals surface area contributed by atoms with E-state index in [9.17, 15) is 4.79 Å². The number of benzene rings is 2. The predicted molar refractivity (Wildman–Crippen MR) is 85.7 cm³/mol. The Bertz CT molecular complexity index is 598. The summed E-state index contributed by atoms with van der Waals surface area (Å²) in [6.45, 7) is 0. The van der Waals surface area contributed by atoms with Crippen molar-refractivity contribution in [2.24, 2.45) is 0 Å². The van der Waals surface area contributed by atoms with Gasteiger partial charge in [-0.3, -0.25) is 10.1 Å². The third-order valence-electron chi connectivity index (χ3n) is 3.86. The highest BCUT2D eigenvalue weighted by Gasteiger charge is 2.29. The van der Waals surface area contributed by atoms with Gasteiger partial charge in [0.1, 0.15) is 6.04 Å². The van der Waals surface area contributed by atoms with Gasteiger partial charge in [-0.2, -0.15) is 0 Å². The normalized spacial score (nSPS) is 20.8. The first-order valence-electron chi connectivity index (χ1n) is 6.88. The van der Waals surface area contributed by atoms with Crippen LogP contribution in [0.15, 0.2) is 54.6 Å². The van der Waals surface area contributed by atoms with Gasteiger partial charge >= 0.3 is 5.97 Å². The summed E-state index contributed by atoms with van der Waals surface area (Å²) in [5.41, 5.74) is 3.54. The Balaban J connectivity index is 0.00000161. The SMILES string of the molecule is Cl.O=C(O)C1CCC(c2ccc(-c3ccccc3)cc2)N1. The maximum atomic E-state index is 11.0. The van der Waals surface area contributed by atoms with E-state index in [1.807, 2.05) is 18.2 Å². The molecule has 1 saturated heterocycles. The van der Waals surface area contributed by atoms with Gasteiger partial charge in [0.2, 0.25) is 0 Å². The molecule has 0 saturated carbocycles. The zero-order valence-electron chi connectivity index (χ0n) is 11.5. The second kappa shape index (κ2) is 6.74. The molecule has 110 valence electrons. The first-order chi connectivity index (χ1) is 9.74. The lowest BCUT2D eigenvalue weighted by Gasteiger charge is -2.13. The minimum absolute atomic E-state index is 0. The van der Waals surface area contributed by atoms with E-state index in [0.29, 0.717) is 6.42 Å². The molecule has 2 unspecified atom stereocenters. The topological polar surface area (TPSA) is 49.3 Å². The van der Waals surface area contributed by atoms with Crippen LogP contribution in [-0.4, -0.2) is 17.1 Å². The molecule has 2 N–H and O–H groups in total. The Morgan fingerprint density at radius 3 is 2.14 bits per heavy atom. The fraction of sp³-hybridized carbons (Fsp3) is 0.235. The average Bonchev–Trinajstić information content (AvgIpc) is 2.98. The van der Waals surface area contributed by atoms with Gasteiger partial charge in [-0.05, 0) is 29.5 Å². The molecule has 0 bridgehead atoms. The molecule has 3 rings (SSSR count). The van der Waals surface area contributed by atoms with Gasteiger partial charge in [-0.1, -0.05) is 54.6 Å². The maximum Gasteiger partial charge on any atom is 0.320 e. The van der Waals surface area contributed by atoms with Gasteiger partial charge in [-0.15, -0.1) is 12.4 Å². The molecule has 1 heterocycles. The largest absolute Gasteiger partial charge is 0.480 e. The summed E-state index contributed by atoms with van der Waals surface area (Å²) >= 11 is 0. The summed E-state index contributed by atoms with van der Waals surface area (Å²) in [6, 6.07) is 18.3. The number of carboxylic acid groups (broad SMARTS) is 1. The fourth-order valence-corrected chi connectivity index (χ4v) is 2.74. The summed E-state index contributed by atoms with van der Waals surface area (Å²) < 4.78 is 0. The Morgan fingerprint density at radius 2 is 1.57 bits per heavy atom. The van der Waals surface area contributed by atoms with Crippen LogP contribution in [-0.2, 0) is 4.79 Å². The Hall–Kier alpha value is -1.84. The van der Waals surface area contributed by atoms with Crippen LogP contribution in [0.2, 0.25) is 0 Å². The van der Waals surface area contributed by atoms with Gasteiger partial charge < -0.3 is 5.11 Å². The van der Waals surface area contributed by atoms with Crippen LogP contribution in [0, 0.1) is 0 Å². The molecule has 2 atom stereocenters. The molecule has 21 heavy (non-hydrogen) atoms. The second-order valence-electron chi connectivity index (χ2n) is 5.18. The molecule has 1 fully saturated rings. The summed E-state index contributed by atoms with van der Waals surface area (Å²) in [5, 5.41) is 12.2. The highest BCUT2D eigenvalue weighted by molar-refractivity contribution is 5.85. The molecule has 0 spiro atoms. The smallest absolute Gasteiger partial charge is 0.320 e. The van der Waals surface area contributed by atoms with Crippen molar-refractivity contribution in [3.8, 4) is 11.1 Å². The lowest BCUT2D eigenvalue weighted by atomic mass is 10.00. The number of aliphatic carboxylic acids is 1. The van der Waals surface area contributed by atoms with Crippen LogP contribution in [0.25, 0.3) is 11.1 Å². The minimum atomic E-state index is -0.756. The van der Waals surface area contributed by atoms with Crippen LogP contribution in [0.1, 0.15) is 24.4 Å². The van der Waals surface area contributed by atoms with Crippen molar-refractivity contribution in [1.82, 2.24) is 5.32 Å². The van der Waals surface area contributed by atoms with Crippen LogP contribution in [0.3, 0.4) is 0 Å². The quantitative estimate of drug-likeness (QED) is 0.910. The van der Waals surface area contributed by atoms with Crippen molar-refractivity contribution >= 4 is 18.4 Å². The number of hydrogen-bond acceptors (Lipinski definition) is 2. The van der Waals surface area contributed by atoms with Crippen LogP contribution < -0.4 is 5.32 Å². The van der Waals surface area contributed by atoms with Crippen molar-refractivity contribution in [2.75, 3.05) is 0 Å².